The summed E-state index contributed by atoms with van der Waals surface area (Å²) < 4.78 is 10.5. The van der Waals surface area contributed by atoms with Crippen LogP contribution in [0.4, 0.5) is 0 Å². The molecule has 2 heterocycles. The molecule has 7 heteroatoms. The molecule has 0 radical (unpaired) electrons. The Hall–Kier alpha value is -1.95. The summed E-state index contributed by atoms with van der Waals surface area (Å²) in [6, 6.07) is 3.02. The van der Waals surface area contributed by atoms with Gasteiger partial charge in [0.2, 0.25) is 12.7 Å². The Morgan fingerprint density at radius 1 is 1.45 bits per heavy atom. The number of nitrogens with one attached hydrogen (secondary N) is 1. The quantitative estimate of drug-likeness (QED) is 0.917. The van der Waals surface area contributed by atoms with Crippen LogP contribution in [0, 0.1) is 0 Å². The average molecular weight is 325 g/mol. The summed E-state index contributed by atoms with van der Waals surface area (Å²) >= 11 is 6.07. The molecular formula is C15H17ClN2O4. The number of amides is 2. The molecule has 1 aromatic rings. The van der Waals surface area contributed by atoms with E-state index >= 15 is 0 Å². The predicted molar refractivity (Wildman–Crippen MR) is 80.3 cm³/mol. The molecule has 0 aliphatic carbocycles. The average Bonchev–Trinajstić information content (AvgIpc) is 3.08. The highest BCUT2D eigenvalue weighted by molar-refractivity contribution is 6.32. The topological polar surface area (TPSA) is 67.9 Å². The highest BCUT2D eigenvalue weighted by atomic mass is 35.5. The maximum absolute atomic E-state index is 12.3. The maximum atomic E-state index is 12.3. The van der Waals surface area contributed by atoms with Crippen molar-refractivity contribution < 1.29 is 19.1 Å². The van der Waals surface area contributed by atoms with E-state index in [9.17, 15) is 9.59 Å². The number of likely N-dealkylation sites (tertiary alicyclic amines) is 1. The molecule has 0 unspecified atom stereocenters. The van der Waals surface area contributed by atoms with Crippen LogP contribution >= 0.6 is 11.6 Å². The van der Waals surface area contributed by atoms with Crippen LogP contribution in [0.15, 0.2) is 12.1 Å². The Labute approximate surface area is 133 Å². The number of fused-ring (bicyclic) bond motifs is 1. The standard InChI is InChI=1S/C15H17ClN2O4/c1-9(7-18-4-2-3-13(18)19)17-15(20)10-5-11(16)14-12(6-10)21-8-22-14/h5-6,9H,2-4,7-8H2,1H3,(H,17,20)/t9-/m0/s1. The highest BCUT2D eigenvalue weighted by Gasteiger charge is 2.24. The number of rotatable bonds is 4. The second-order valence-corrected chi connectivity index (χ2v) is 5.92. The summed E-state index contributed by atoms with van der Waals surface area (Å²) in [6.07, 6.45) is 1.48. The Bertz CT molecular complexity index is 620. The molecule has 118 valence electrons. The fourth-order valence-corrected chi connectivity index (χ4v) is 2.94. The first-order valence-corrected chi connectivity index (χ1v) is 7.60. The minimum atomic E-state index is -0.251. The van der Waals surface area contributed by atoms with Gasteiger partial charge in [-0.05, 0) is 25.5 Å². The maximum Gasteiger partial charge on any atom is 0.251 e. The molecule has 1 aromatic carbocycles. The fourth-order valence-electron chi connectivity index (χ4n) is 2.68. The number of benzene rings is 1. The van der Waals surface area contributed by atoms with E-state index in [1.54, 1.807) is 17.0 Å². The van der Waals surface area contributed by atoms with E-state index in [4.69, 9.17) is 21.1 Å². The highest BCUT2D eigenvalue weighted by Crippen LogP contribution is 2.39. The van der Waals surface area contributed by atoms with Gasteiger partial charge in [0.05, 0.1) is 5.02 Å². The molecule has 1 fully saturated rings. The molecule has 2 amide bonds. The SMILES string of the molecule is C[C@@H](CN1CCCC1=O)NC(=O)c1cc(Cl)c2c(c1)OCO2. The molecule has 1 N–H and O–H groups in total. The molecule has 3 rings (SSSR count). The lowest BCUT2D eigenvalue weighted by molar-refractivity contribution is -0.127. The zero-order valence-electron chi connectivity index (χ0n) is 12.2. The summed E-state index contributed by atoms with van der Waals surface area (Å²) in [5, 5.41) is 3.22. The van der Waals surface area contributed by atoms with Crippen LogP contribution in [0.1, 0.15) is 30.1 Å². The van der Waals surface area contributed by atoms with Gasteiger partial charge in [-0.25, -0.2) is 0 Å². The predicted octanol–water partition coefficient (Wildman–Crippen LogP) is 1.81. The summed E-state index contributed by atoms with van der Waals surface area (Å²) in [5.41, 5.74) is 0.411. The van der Waals surface area contributed by atoms with Crippen LogP contribution < -0.4 is 14.8 Å². The molecule has 2 aliphatic heterocycles. The van der Waals surface area contributed by atoms with E-state index in [0.29, 0.717) is 35.1 Å². The van der Waals surface area contributed by atoms with Crippen molar-refractivity contribution >= 4 is 23.4 Å². The number of hydrogen-bond acceptors (Lipinski definition) is 4. The van der Waals surface area contributed by atoms with Gasteiger partial charge in [0.1, 0.15) is 0 Å². The third kappa shape index (κ3) is 2.97. The van der Waals surface area contributed by atoms with Gasteiger partial charge < -0.3 is 19.7 Å². The van der Waals surface area contributed by atoms with Crippen molar-refractivity contribution in [2.24, 2.45) is 0 Å². The van der Waals surface area contributed by atoms with Gasteiger partial charge in [0.25, 0.3) is 5.91 Å². The smallest absolute Gasteiger partial charge is 0.251 e. The van der Waals surface area contributed by atoms with Gasteiger partial charge >= 0.3 is 0 Å². The molecule has 0 aromatic heterocycles. The van der Waals surface area contributed by atoms with Gasteiger partial charge in [0, 0.05) is 31.1 Å². The van der Waals surface area contributed by atoms with E-state index in [-0.39, 0.29) is 24.6 Å². The van der Waals surface area contributed by atoms with E-state index in [2.05, 4.69) is 5.32 Å². The minimum absolute atomic E-state index is 0.105. The summed E-state index contributed by atoms with van der Waals surface area (Å²) in [4.78, 5) is 25.7. The van der Waals surface area contributed by atoms with Crippen LogP contribution in [0.5, 0.6) is 11.5 Å². The number of ether oxygens (including phenoxy) is 2. The third-order valence-electron chi connectivity index (χ3n) is 3.73. The van der Waals surface area contributed by atoms with Crippen molar-refractivity contribution in [1.82, 2.24) is 10.2 Å². The second kappa shape index (κ2) is 6.04. The van der Waals surface area contributed by atoms with E-state index in [0.717, 1.165) is 13.0 Å². The Morgan fingerprint density at radius 2 is 2.27 bits per heavy atom. The molecule has 6 nitrogen and oxygen atoms in total. The molecule has 0 spiro atoms. The van der Waals surface area contributed by atoms with Crippen molar-refractivity contribution in [3.8, 4) is 11.5 Å². The molecule has 2 aliphatic rings. The number of halogens is 1. The first kappa shape index (κ1) is 15.0. The van der Waals surface area contributed by atoms with Crippen LogP contribution in [-0.4, -0.2) is 42.6 Å². The Kier molecular flexibility index (Phi) is 4.11. The van der Waals surface area contributed by atoms with Crippen molar-refractivity contribution in [2.75, 3.05) is 19.9 Å². The van der Waals surface area contributed by atoms with Crippen LogP contribution in [0.3, 0.4) is 0 Å². The van der Waals surface area contributed by atoms with Gasteiger partial charge in [-0.15, -0.1) is 0 Å². The lowest BCUT2D eigenvalue weighted by atomic mass is 10.1. The van der Waals surface area contributed by atoms with Gasteiger partial charge in [-0.1, -0.05) is 11.6 Å². The molecule has 22 heavy (non-hydrogen) atoms. The number of nitrogens with zero attached hydrogens (tertiary/aromatic N) is 1. The van der Waals surface area contributed by atoms with E-state index in [1.807, 2.05) is 6.92 Å². The van der Waals surface area contributed by atoms with Crippen LogP contribution in [-0.2, 0) is 4.79 Å². The lowest BCUT2D eigenvalue weighted by Crippen LogP contribution is -2.42. The molecule has 1 saturated heterocycles. The van der Waals surface area contributed by atoms with Crippen LogP contribution in [0.25, 0.3) is 0 Å². The van der Waals surface area contributed by atoms with E-state index in [1.165, 1.54) is 0 Å². The second-order valence-electron chi connectivity index (χ2n) is 5.51. The minimum Gasteiger partial charge on any atom is -0.454 e. The third-order valence-corrected chi connectivity index (χ3v) is 4.01. The number of carbonyl (C=O) groups is 2. The normalized spacial score (nSPS) is 17.7. The fraction of sp³-hybridized carbons (Fsp3) is 0.467. The van der Waals surface area contributed by atoms with Gasteiger partial charge in [-0.3, -0.25) is 9.59 Å². The largest absolute Gasteiger partial charge is 0.454 e. The zero-order chi connectivity index (χ0) is 15.7. The summed E-state index contributed by atoms with van der Waals surface area (Å²) in [5.74, 6) is 0.834. The van der Waals surface area contributed by atoms with Crippen molar-refractivity contribution in [1.29, 1.82) is 0 Å². The molecule has 0 saturated carbocycles. The summed E-state index contributed by atoms with van der Waals surface area (Å²) in [7, 11) is 0. The van der Waals surface area contributed by atoms with Crippen molar-refractivity contribution in [3.63, 3.8) is 0 Å². The van der Waals surface area contributed by atoms with Gasteiger partial charge in [0.15, 0.2) is 11.5 Å². The van der Waals surface area contributed by atoms with Crippen molar-refractivity contribution in [3.05, 3.63) is 22.7 Å². The lowest BCUT2D eigenvalue weighted by Gasteiger charge is -2.21. The summed E-state index contributed by atoms with van der Waals surface area (Å²) in [6.45, 7) is 3.25. The molecular weight excluding hydrogens is 308 g/mol. The van der Waals surface area contributed by atoms with Crippen LogP contribution in [0.2, 0.25) is 5.02 Å². The molecule has 1 atom stereocenters. The number of carbonyl (C=O) groups excluding carboxylic acids is 2. The van der Waals surface area contributed by atoms with Crippen molar-refractivity contribution in [2.45, 2.75) is 25.8 Å². The monoisotopic (exact) mass is 324 g/mol. The molecule has 0 bridgehead atoms. The Balaban J connectivity index is 1.64. The first-order chi connectivity index (χ1) is 10.5. The Morgan fingerprint density at radius 3 is 3.00 bits per heavy atom. The van der Waals surface area contributed by atoms with Gasteiger partial charge in [-0.2, -0.15) is 0 Å². The zero-order valence-corrected chi connectivity index (χ0v) is 13.0. The first-order valence-electron chi connectivity index (χ1n) is 7.22. The number of hydrogen-bond donors (Lipinski definition) is 1. The van der Waals surface area contributed by atoms with E-state index < -0.39 is 0 Å².